The van der Waals surface area contributed by atoms with Gasteiger partial charge in [-0.15, -0.1) is 11.3 Å². The smallest absolute Gasteiger partial charge is 0.410 e. The Balaban J connectivity index is 1.66. The monoisotopic (exact) mass is 337 g/mol. The Kier molecular flexibility index (Phi) is 4.08. The summed E-state index contributed by atoms with van der Waals surface area (Å²) in [6.07, 6.45) is 1.36. The number of cyclic esters (lactones) is 1. The second-order valence-electron chi connectivity index (χ2n) is 6.91. The fraction of sp³-hybridized carbons (Fsp3) is 0.688. The van der Waals surface area contributed by atoms with Crippen LogP contribution in [-0.4, -0.2) is 58.1 Å². The van der Waals surface area contributed by atoms with Gasteiger partial charge in [0.1, 0.15) is 11.5 Å². The van der Waals surface area contributed by atoms with Gasteiger partial charge in [-0.05, 0) is 40.5 Å². The fourth-order valence-electron chi connectivity index (χ4n) is 3.47. The molecule has 1 aromatic rings. The van der Waals surface area contributed by atoms with Gasteiger partial charge in [0.05, 0.1) is 16.2 Å². The maximum Gasteiger partial charge on any atom is 0.410 e. The van der Waals surface area contributed by atoms with Gasteiger partial charge in [0.2, 0.25) is 0 Å². The van der Waals surface area contributed by atoms with Crippen LogP contribution >= 0.6 is 11.3 Å². The lowest BCUT2D eigenvalue weighted by molar-refractivity contribution is 0.0592. The fourth-order valence-corrected chi connectivity index (χ4v) is 4.36. The predicted octanol–water partition coefficient (Wildman–Crippen LogP) is 2.60. The average Bonchev–Trinajstić information content (AvgIpc) is 2.97. The summed E-state index contributed by atoms with van der Waals surface area (Å²) >= 11 is 1.46. The Labute approximate surface area is 140 Å². The molecule has 23 heavy (non-hydrogen) atoms. The summed E-state index contributed by atoms with van der Waals surface area (Å²) < 4.78 is 5.20. The van der Waals surface area contributed by atoms with Crippen LogP contribution in [0, 0.1) is 13.8 Å². The van der Waals surface area contributed by atoms with Crippen LogP contribution in [0.25, 0.3) is 0 Å². The van der Waals surface area contributed by atoms with Crippen LogP contribution in [0.5, 0.6) is 0 Å². The van der Waals surface area contributed by atoms with Gasteiger partial charge in [0.15, 0.2) is 0 Å². The molecule has 2 saturated heterocycles. The van der Waals surface area contributed by atoms with Crippen LogP contribution in [0.3, 0.4) is 0 Å². The lowest BCUT2D eigenvalue weighted by Gasteiger charge is -2.40. The van der Waals surface area contributed by atoms with Crippen LogP contribution in [0.2, 0.25) is 0 Å². The van der Waals surface area contributed by atoms with E-state index >= 15 is 0 Å². The second kappa shape index (κ2) is 5.78. The zero-order chi connectivity index (χ0) is 16.8. The number of piperidine rings is 1. The van der Waals surface area contributed by atoms with E-state index in [-0.39, 0.29) is 23.6 Å². The van der Waals surface area contributed by atoms with E-state index in [4.69, 9.17) is 4.74 Å². The van der Waals surface area contributed by atoms with Crippen LogP contribution in [0.4, 0.5) is 4.79 Å². The molecule has 1 aromatic heterocycles. The molecule has 0 saturated carbocycles. The molecule has 2 aliphatic rings. The van der Waals surface area contributed by atoms with Gasteiger partial charge in [-0.25, -0.2) is 9.78 Å². The topological polar surface area (TPSA) is 62.7 Å². The van der Waals surface area contributed by atoms with E-state index in [1.165, 1.54) is 11.3 Å². The summed E-state index contributed by atoms with van der Waals surface area (Å²) in [6, 6.07) is 0.147. The van der Waals surface area contributed by atoms with Gasteiger partial charge in [-0.3, -0.25) is 9.69 Å². The van der Waals surface area contributed by atoms with Crippen molar-refractivity contribution >= 4 is 23.3 Å². The largest absolute Gasteiger partial charge is 0.447 e. The Bertz CT molecular complexity index is 633. The number of carbonyl (C=O) groups is 2. The first-order valence-electron chi connectivity index (χ1n) is 7.99. The van der Waals surface area contributed by atoms with Gasteiger partial charge in [-0.1, -0.05) is 0 Å². The quantitative estimate of drug-likeness (QED) is 0.832. The lowest BCUT2D eigenvalue weighted by Crippen LogP contribution is -2.53. The molecule has 0 unspecified atom stereocenters. The van der Waals surface area contributed by atoms with Crippen LogP contribution in [0.15, 0.2) is 0 Å². The first-order valence-corrected chi connectivity index (χ1v) is 8.80. The summed E-state index contributed by atoms with van der Waals surface area (Å²) in [7, 11) is 0. The number of aryl methyl sites for hydroxylation is 2. The molecule has 3 heterocycles. The number of thiazole rings is 1. The van der Waals surface area contributed by atoms with E-state index in [1.807, 2.05) is 37.5 Å². The van der Waals surface area contributed by atoms with E-state index < -0.39 is 0 Å². The third kappa shape index (κ3) is 2.94. The second-order valence-corrected chi connectivity index (χ2v) is 8.11. The highest BCUT2D eigenvalue weighted by atomic mass is 32.1. The molecular weight excluding hydrogens is 314 g/mol. The van der Waals surface area contributed by atoms with Crippen molar-refractivity contribution in [1.29, 1.82) is 0 Å². The SMILES string of the molecule is Cc1nc(C)c(C(=O)N2CCC(N3C(=O)OCC3(C)C)CC2)s1. The summed E-state index contributed by atoms with van der Waals surface area (Å²) in [4.78, 5) is 33.4. The third-order valence-electron chi connectivity index (χ3n) is 4.61. The number of likely N-dealkylation sites (tertiary alicyclic amines) is 1. The summed E-state index contributed by atoms with van der Waals surface area (Å²) in [5, 5.41) is 0.919. The van der Waals surface area contributed by atoms with Crippen molar-refractivity contribution in [3.05, 3.63) is 15.6 Å². The maximum absolute atomic E-state index is 12.6. The van der Waals surface area contributed by atoms with Crippen LogP contribution in [-0.2, 0) is 4.74 Å². The molecule has 126 valence electrons. The third-order valence-corrected chi connectivity index (χ3v) is 5.67. The van der Waals surface area contributed by atoms with E-state index in [0.29, 0.717) is 19.7 Å². The Hall–Kier alpha value is -1.63. The zero-order valence-corrected chi connectivity index (χ0v) is 14.9. The van der Waals surface area contributed by atoms with Crippen LogP contribution in [0.1, 0.15) is 47.1 Å². The Morgan fingerprint density at radius 1 is 1.30 bits per heavy atom. The number of amides is 2. The minimum Gasteiger partial charge on any atom is -0.447 e. The van der Waals surface area contributed by atoms with Gasteiger partial charge in [0, 0.05) is 19.1 Å². The number of hydrogen-bond donors (Lipinski definition) is 0. The van der Waals surface area contributed by atoms with E-state index in [1.54, 1.807) is 0 Å². The normalized spacial score (nSPS) is 21.7. The van der Waals surface area contributed by atoms with Gasteiger partial charge in [0.25, 0.3) is 5.91 Å². The summed E-state index contributed by atoms with van der Waals surface area (Å²) in [5.74, 6) is 0.0646. The molecule has 7 heteroatoms. The van der Waals surface area contributed by atoms with Crippen molar-refractivity contribution in [3.8, 4) is 0 Å². The molecule has 6 nitrogen and oxygen atoms in total. The summed E-state index contributed by atoms with van der Waals surface area (Å²) in [6.45, 7) is 9.62. The minimum absolute atomic E-state index is 0.0646. The van der Waals surface area contributed by atoms with Gasteiger partial charge in [-0.2, -0.15) is 0 Å². The van der Waals surface area contributed by atoms with Gasteiger partial charge >= 0.3 is 6.09 Å². The van der Waals surface area contributed by atoms with Crippen molar-refractivity contribution < 1.29 is 14.3 Å². The number of ether oxygens (including phenoxy) is 1. The zero-order valence-electron chi connectivity index (χ0n) is 14.1. The predicted molar refractivity (Wildman–Crippen MR) is 87.8 cm³/mol. The highest BCUT2D eigenvalue weighted by Crippen LogP contribution is 2.31. The maximum atomic E-state index is 12.6. The molecule has 2 fully saturated rings. The molecule has 0 aromatic carbocycles. The first kappa shape index (κ1) is 16.2. The standard InChI is InChI=1S/C16H23N3O3S/c1-10-13(23-11(2)17-10)14(20)18-7-5-12(6-8-18)19-15(21)22-9-16(19,3)4/h12H,5-9H2,1-4H3. The minimum atomic E-state index is -0.265. The highest BCUT2D eigenvalue weighted by molar-refractivity contribution is 7.13. The lowest BCUT2D eigenvalue weighted by atomic mass is 9.97. The van der Waals surface area contributed by atoms with E-state index in [9.17, 15) is 9.59 Å². The Morgan fingerprint density at radius 2 is 1.96 bits per heavy atom. The molecule has 0 aliphatic carbocycles. The van der Waals surface area contributed by atoms with Crippen molar-refractivity contribution in [3.63, 3.8) is 0 Å². The number of carbonyl (C=O) groups excluding carboxylic acids is 2. The molecule has 0 radical (unpaired) electrons. The number of hydrogen-bond acceptors (Lipinski definition) is 5. The molecule has 3 rings (SSSR count). The van der Waals surface area contributed by atoms with E-state index in [0.717, 1.165) is 28.4 Å². The number of aromatic nitrogens is 1. The molecule has 0 atom stereocenters. The number of nitrogens with zero attached hydrogens (tertiary/aromatic N) is 3. The molecule has 0 N–H and O–H groups in total. The average molecular weight is 337 g/mol. The van der Waals surface area contributed by atoms with E-state index in [2.05, 4.69) is 4.98 Å². The molecule has 2 aliphatic heterocycles. The van der Waals surface area contributed by atoms with Crippen molar-refractivity contribution in [2.75, 3.05) is 19.7 Å². The molecule has 2 amide bonds. The highest BCUT2D eigenvalue weighted by Gasteiger charge is 2.45. The van der Waals surface area contributed by atoms with Crippen LogP contribution < -0.4 is 0 Å². The Morgan fingerprint density at radius 3 is 2.43 bits per heavy atom. The molecular formula is C16H23N3O3S. The van der Waals surface area contributed by atoms with Gasteiger partial charge < -0.3 is 9.64 Å². The molecule has 0 spiro atoms. The van der Waals surface area contributed by atoms with Crippen molar-refractivity contribution in [2.24, 2.45) is 0 Å². The molecule has 0 bridgehead atoms. The summed E-state index contributed by atoms with van der Waals surface area (Å²) in [5.41, 5.74) is 0.545. The van der Waals surface area contributed by atoms with Crippen molar-refractivity contribution in [2.45, 2.75) is 52.1 Å². The first-order chi connectivity index (χ1) is 10.8. The van der Waals surface area contributed by atoms with Crippen molar-refractivity contribution in [1.82, 2.24) is 14.8 Å². The number of rotatable bonds is 2.